The maximum atomic E-state index is 12.7. The molecule has 0 amide bonds. The van der Waals surface area contributed by atoms with E-state index in [-0.39, 0.29) is 46.0 Å². The zero-order valence-electron chi connectivity index (χ0n) is 25.8. The SMILES string of the molecule is COc1ccc(-c2coc3c(C)c(O)ccc3c2=O)cc1OC.COc1ccc(CC(=O)c2ccc(O)c(C)c2O)cc1OC. The molecule has 10 heteroatoms. The number of ether oxygens (including phenoxy) is 4. The minimum atomic E-state index is -0.243. The molecule has 0 radical (unpaired) electrons. The maximum absolute atomic E-state index is 12.7. The van der Waals surface area contributed by atoms with E-state index in [1.807, 2.05) is 0 Å². The summed E-state index contributed by atoms with van der Waals surface area (Å²) in [7, 11) is 6.16. The molecule has 5 aromatic rings. The van der Waals surface area contributed by atoms with Crippen LogP contribution in [0, 0.1) is 13.8 Å². The Morgan fingerprint density at radius 3 is 1.93 bits per heavy atom. The maximum Gasteiger partial charge on any atom is 0.200 e. The monoisotopic (exact) mass is 614 g/mol. The van der Waals surface area contributed by atoms with Crippen LogP contribution < -0.4 is 24.4 Å². The lowest BCUT2D eigenvalue weighted by Gasteiger charge is -2.10. The first-order valence-electron chi connectivity index (χ1n) is 13.8. The lowest BCUT2D eigenvalue weighted by molar-refractivity contribution is 0.0990. The molecule has 234 valence electrons. The molecule has 5 rings (SSSR count). The van der Waals surface area contributed by atoms with Crippen molar-refractivity contribution < 1.29 is 43.5 Å². The molecule has 45 heavy (non-hydrogen) atoms. The molecular formula is C35H34O10. The van der Waals surface area contributed by atoms with Crippen molar-refractivity contribution >= 4 is 16.8 Å². The van der Waals surface area contributed by atoms with Gasteiger partial charge in [-0.25, -0.2) is 0 Å². The van der Waals surface area contributed by atoms with Gasteiger partial charge in [0.25, 0.3) is 0 Å². The summed E-state index contributed by atoms with van der Waals surface area (Å²) in [4.78, 5) is 25.1. The largest absolute Gasteiger partial charge is 0.508 e. The molecule has 0 aliphatic heterocycles. The summed E-state index contributed by atoms with van der Waals surface area (Å²) >= 11 is 0. The molecule has 0 atom stereocenters. The van der Waals surface area contributed by atoms with Crippen LogP contribution in [0.5, 0.6) is 40.2 Å². The first-order valence-corrected chi connectivity index (χ1v) is 13.8. The Bertz CT molecular complexity index is 1920. The summed E-state index contributed by atoms with van der Waals surface area (Å²) in [5.41, 5.74) is 3.07. The molecular weight excluding hydrogens is 580 g/mol. The Morgan fingerprint density at radius 1 is 0.711 bits per heavy atom. The number of hydrogen-bond donors (Lipinski definition) is 3. The van der Waals surface area contributed by atoms with E-state index in [1.54, 1.807) is 70.5 Å². The second kappa shape index (κ2) is 13.8. The topological polar surface area (TPSA) is 145 Å². The third-order valence-corrected chi connectivity index (χ3v) is 7.37. The highest BCUT2D eigenvalue weighted by Gasteiger charge is 2.17. The Morgan fingerprint density at radius 2 is 1.29 bits per heavy atom. The second-order valence-electron chi connectivity index (χ2n) is 10.0. The summed E-state index contributed by atoms with van der Waals surface area (Å²) in [6.07, 6.45) is 1.51. The van der Waals surface area contributed by atoms with E-state index in [2.05, 4.69) is 0 Å². The number of aromatic hydroxyl groups is 3. The normalized spacial score (nSPS) is 10.5. The molecule has 0 bridgehead atoms. The van der Waals surface area contributed by atoms with E-state index in [0.717, 1.165) is 5.56 Å². The zero-order valence-corrected chi connectivity index (χ0v) is 25.8. The van der Waals surface area contributed by atoms with E-state index in [9.17, 15) is 24.9 Å². The number of phenolic OH excluding ortho intramolecular Hbond substituents is 3. The van der Waals surface area contributed by atoms with E-state index in [1.165, 1.54) is 38.7 Å². The number of carbonyl (C=O) groups is 1. The van der Waals surface area contributed by atoms with Gasteiger partial charge in [-0.1, -0.05) is 12.1 Å². The number of fused-ring (bicyclic) bond motifs is 1. The molecule has 3 N–H and O–H groups in total. The van der Waals surface area contributed by atoms with Gasteiger partial charge in [-0.3, -0.25) is 9.59 Å². The van der Waals surface area contributed by atoms with Crippen molar-refractivity contribution in [2.75, 3.05) is 28.4 Å². The van der Waals surface area contributed by atoms with Gasteiger partial charge in [0.2, 0.25) is 5.43 Å². The van der Waals surface area contributed by atoms with Gasteiger partial charge < -0.3 is 38.7 Å². The van der Waals surface area contributed by atoms with Crippen molar-refractivity contribution in [1.82, 2.24) is 0 Å². The van der Waals surface area contributed by atoms with Gasteiger partial charge in [0.15, 0.2) is 28.8 Å². The van der Waals surface area contributed by atoms with Crippen molar-refractivity contribution in [3.05, 3.63) is 99.4 Å². The van der Waals surface area contributed by atoms with Crippen LogP contribution in [-0.4, -0.2) is 49.5 Å². The average molecular weight is 615 g/mol. The lowest BCUT2D eigenvalue weighted by atomic mass is 9.99. The summed E-state index contributed by atoms with van der Waals surface area (Å²) in [6.45, 7) is 3.26. The van der Waals surface area contributed by atoms with Crippen LogP contribution in [0.15, 0.2) is 76.1 Å². The highest BCUT2D eigenvalue weighted by atomic mass is 16.5. The molecule has 4 aromatic carbocycles. The van der Waals surface area contributed by atoms with Crippen molar-refractivity contribution in [2.24, 2.45) is 0 Å². The third kappa shape index (κ3) is 6.65. The highest BCUT2D eigenvalue weighted by molar-refractivity contribution is 6.00. The minimum absolute atomic E-state index is 0.0415. The van der Waals surface area contributed by atoms with Crippen LogP contribution in [0.4, 0.5) is 0 Å². The van der Waals surface area contributed by atoms with Gasteiger partial charge in [0.1, 0.15) is 29.1 Å². The molecule has 0 aliphatic rings. The fourth-order valence-electron chi connectivity index (χ4n) is 4.72. The number of aryl methyl sites for hydroxylation is 1. The van der Waals surface area contributed by atoms with Gasteiger partial charge in [-0.15, -0.1) is 0 Å². The van der Waals surface area contributed by atoms with Crippen LogP contribution >= 0.6 is 0 Å². The first kappa shape index (κ1) is 32.3. The predicted molar refractivity (Wildman–Crippen MR) is 170 cm³/mol. The molecule has 10 nitrogen and oxygen atoms in total. The Labute approximate surface area is 259 Å². The van der Waals surface area contributed by atoms with Gasteiger partial charge >= 0.3 is 0 Å². The molecule has 1 heterocycles. The molecule has 1 aromatic heterocycles. The van der Waals surface area contributed by atoms with E-state index < -0.39 is 0 Å². The van der Waals surface area contributed by atoms with Crippen LogP contribution in [-0.2, 0) is 6.42 Å². The van der Waals surface area contributed by atoms with Crippen LogP contribution in [0.3, 0.4) is 0 Å². The first-order chi connectivity index (χ1) is 21.5. The zero-order chi connectivity index (χ0) is 32.8. The summed E-state index contributed by atoms with van der Waals surface area (Å²) in [5, 5.41) is 29.7. The Hall–Kier alpha value is -5.64. The quantitative estimate of drug-likeness (QED) is 0.169. The molecule has 0 unspecified atom stereocenters. The van der Waals surface area contributed by atoms with Crippen molar-refractivity contribution in [1.29, 1.82) is 0 Å². The van der Waals surface area contributed by atoms with Gasteiger partial charge in [0.05, 0.1) is 45.0 Å². The number of rotatable bonds is 8. The number of carbonyl (C=O) groups excluding carboxylic acids is 1. The highest BCUT2D eigenvalue weighted by Crippen LogP contribution is 2.34. The number of Topliss-reactive ketones (excluding diaryl/α,β-unsaturated/α-hetero) is 1. The molecule has 0 spiro atoms. The van der Waals surface area contributed by atoms with Crippen LogP contribution in [0.1, 0.15) is 27.0 Å². The number of methoxy groups -OCH3 is 4. The van der Waals surface area contributed by atoms with Crippen LogP contribution in [0.25, 0.3) is 22.1 Å². The summed E-state index contributed by atoms with van der Waals surface area (Å²) in [5.74, 6) is 1.87. The average Bonchev–Trinajstić information content (AvgIpc) is 3.05. The molecule has 0 aliphatic carbocycles. The standard InChI is InChI=1S/C18H16O5.C17H18O5/c1-10-14(19)6-5-12-17(20)13(9-23-18(10)12)11-4-7-15(21-2)16(8-11)22-3;1-10-13(18)6-5-12(17(10)20)14(19)8-11-4-7-15(21-2)16(9-11)22-3/h4-9,19H,1-3H3;4-7,9,18,20H,8H2,1-3H3. The lowest BCUT2D eigenvalue weighted by Crippen LogP contribution is -2.05. The number of hydrogen-bond acceptors (Lipinski definition) is 10. The fraction of sp³-hybridized carbons (Fsp3) is 0.200. The van der Waals surface area contributed by atoms with Crippen molar-refractivity contribution in [3.63, 3.8) is 0 Å². The summed E-state index contributed by atoms with van der Waals surface area (Å²) < 4.78 is 26.4. The second-order valence-corrected chi connectivity index (χ2v) is 10.0. The third-order valence-electron chi connectivity index (χ3n) is 7.37. The molecule has 0 saturated heterocycles. The summed E-state index contributed by atoms with van der Waals surface area (Å²) in [6, 6.07) is 16.3. The van der Waals surface area contributed by atoms with Gasteiger partial charge in [-0.2, -0.15) is 0 Å². The van der Waals surface area contributed by atoms with Crippen molar-refractivity contribution in [3.8, 4) is 51.4 Å². The Balaban J connectivity index is 0.000000205. The number of benzene rings is 4. The number of phenols is 3. The van der Waals surface area contributed by atoms with Crippen molar-refractivity contribution in [2.45, 2.75) is 20.3 Å². The van der Waals surface area contributed by atoms with E-state index >= 15 is 0 Å². The smallest absolute Gasteiger partial charge is 0.200 e. The van der Waals surface area contributed by atoms with Gasteiger partial charge in [0, 0.05) is 17.5 Å². The number of ketones is 1. The Kier molecular flexibility index (Phi) is 9.88. The minimum Gasteiger partial charge on any atom is -0.508 e. The van der Waals surface area contributed by atoms with Crippen LogP contribution in [0.2, 0.25) is 0 Å². The van der Waals surface area contributed by atoms with E-state index in [0.29, 0.717) is 50.7 Å². The van der Waals surface area contributed by atoms with Gasteiger partial charge in [-0.05, 0) is 73.5 Å². The predicted octanol–water partition coefficient (Wildman–Crippen LogP) is 6.34. The van der Waals surface area contributed by atoms with E-state index in [4.69, 9.17) is 23.4 Å². The molecule has 0 saturated carbocycles. The fourth-order valence-corrected chi connectivity index (χ4v) is 4.72. The molecule has 0 fully saturated rings.